The number of anilines is 1. The summed E-state index contributed by atoms with van der Waals surface area (Å²) in [5, 5.41) is 0. The second kappa shape index (κ2) is 17.3. The van der Waals surface area contributed by atoms with Crippen LogP contribution in [0.5, 0.6) is 0 Å². The molecule has 0 unspecified atom stereocenters. The van der Waals surface area contributed by atoms with Gasteiger partial charge < -0.3 is 4.90 Å². The van der Waals surface area contributed by atoms with E-state index in [9.17, 15) is 4.79 Å². The molecule has 0 aliphatic rings. The molecule has 1 heterocycles. The summed E-state index contributed by atoms with van der Waals surface area (Å²) in [5.41, 5.74) is 5.13. The molecular formula is C29H43NOS3. The number of unbranched alkanes of at least 4 members (excludes halogenated alkanes) is 6. The molecule has 0 amide bonds. The van der Waals surface area contributed by atoms with Crippen LogP contribution in [-0.2, 0) is 12.8 Å². The maximum absolute atomic E-state index is 11.9. The van der Waals surface area contributed by atoms with Crippen molar-refractivity contribution in [3.8, 4) is 0 Å². The Bertz CT molecular complexity index is 851. The van der Waals surface area contributed by atoms with E-state index in [2.05, 4.69) is 80.4 Å². The molecule has 0 saturated carbocycles. The Hall–Kier alpha value is -1.17. The molecule has 2 nitrogen and oxygen atoms in total. The molecular weight excluding hydrogens is 475 g/mol. The fourth-order valence-electron chi connectivity index (χ4n) is 4.35. The number of carbonyl (C=O) groups excluding carboxylic acids is 1. The molecule has 1 aromatic heterocycles. The normalized spacial score (nSPS) is 11.4. The summed E-state index contributed by atoms with van der Waals surface area (Å²) >= 11 is 10.5. The molecule has 5 heteroatoms. The summed E-state index contributed by atoms with van der Waals surface area (Å²) < 4.78 is 0. The molecule has 0 atom stereocenters. The summed E-state index contributed by atoms with van der Waals surface area (Å²) in [4.78, 5) is 16.4. The SMILES string of the molecule is CCCCCCc1c(C=O)sc(/C=C/c2ccc(N(CCS)CCS)cc2)c1CCCCCC. The highest BCUT2D eigenvalue weighted by Gasteiger charge is 2.16. The van der Waals surface area contributed by atoms with Crippen LogP contribution in [0.15, 0.2) is 24.3 Å². The van der Waals surface area contributed by atoms with E-state index in [-0.39, 0.29) is 0 Å². The number of benzene rings is 1. The average Bonchev–Trinajstić information content (AvgIpc) is 3.19. The van der Waals surface area contributed by atoms with E-state index in [1.165, 1.54) is 78.6 Å². The topological polar surface area (TPSA) is 20.3 Å². The lowest BCUT2D eigenvalue weighted by molar-refractivity contribution is 0.112. The minimum Gasteiger partial charge on any atom is -0.370 e. The molecule has 0 fully saturated rings. The van der Waals surface area contributed by atoms with E-state index in [1.54, 1.807) is 11.3 Å². The highest BCUT2D eigenvalue weighted by molar-refractivity contribution is 7.80. The van der Waals surface area contributed by atoms with E-state index < -0.39 is 0 Å². The van der Waals surface area contributed by atoms with Crippen molar-refractivity contribution in [3.63, 3.8) is 0 Å². The van der Waals surface area contributed by atoms with Crippen LogP contribution in [0.1, 0.15) is 96.5 Å². The molecule has 0 spiro atoms. The lowest BCUT2D eigenvalue weighted by Gasteiger charge is -2.23. The van der Waals surface area contributed by atoms with Crippen molar-refractivity contribution in [2.75, 3.05) is 29.5 Å². The molecule has 188 valence electrons. The predicted molar refractivity (Wildman–Crippen MR) is 161 cm³/mol. The highest BCUT2D eigenvalue weighted by Crippen LogP contribution is 2.32. The number of aldehydes is 1. The molecule has 2 aromatic rings. The largest absolute Gasteiger partial charge is 0.370 e. The van der Waals surface area contributed by atoms with Crippen LogP contribution < -0.4 is 4.90 Å². The molecule has 1 aromatic carbocycles. The van der Waals surface area contributed by atoms with Gasteiger partial charge in [-0.25, -0.2) is 0 Å². The van der Waals surface area contributed by atoms with Crippen LogP contribution in [0.25, 0.3) is 12.2 Å². The van der Waals surface area contributed by atoms with Crippen molar-refractivity contribution in [3.05, 3.63) is 50.7 Å². The van der Waals surface area contributed by atoms with Crippen molar-refractivity contribution >= 4 is 60.7 Å². The predicted octanol–water partition coefficient (Wildman–Crippen LogP) is 8.64. The third kappa shape index (κ3) is 9.47. The van der Waals surface area contributed by atoms with E-state index in [4.69, 9.17) is 0 Å². The van der Waals surface area contributed by atoms with Crippen molar-refractivity contribution in [1.82, 2.24) is 0 Å². The van der Waals surface area contributed by atoms with Crippen LogP contribution in [0, 0.1) is 0 Å². The summed E-state index contributed by atoms with van der Waals surface area (Å²) in [6.07, 6.45) is 17.5. The van der Waals surface area contributed by atoms with Gasteiger partial charge >= 0.3 is 0 Å². The van der Waals surface area contributed by atoms with E-state index in [0.717, 1.165) is 48.6 Å². The van der Waals surface area contributed by atoms with Gasteiger partial charge in [0, 0.05) is 35.2 Å². The third-order valence-electron chi connectivity index (χ3n) is 6.27. The monoisotopic (exact) mass is 517 g/mol. The number of nitrogens with zero attached hydrogens (tertiary/aromatic N) is 1. The minimum atomic E-state index is 0.828. The maximum Gasteiger partial charge on any atom is 0.160 e. The smallest absolute Gasteiger partial charge is 0.160 e. The van der Waals surface area contributed by atoms with E-state index in [0.29, 0.717) is 0 Å². The molecule has 0 aliphatic heterocycles. The summed E-state index contributed by atoms with van der Waals surface area (Å²) in [5.74, 6) is 1.66. The summed E-state index contributed by atoms with van der Waals surface area (Å²) in [6.45, 7) is 6.34. The van der Waals surface area contributed by atoms with Crippen LogP contribution >= 0.6 is 36.6 Å². The molecule has 0 N–H and O–H groups in total. The van der Waals surface area contributed by atoms with Crippen LogP contribution in [-0.4, -0.2) is 30.9 Å². The zero-order valence-electron chi connectivity index (χ0n) is 21.1. The molecule has 0 aliphatic carbocycles. The fraction of sp³-hybridized carbons (Fsp3) is 0.552. The second-order valence-electron chi connectivity index (χ2n) is 8.89. The van der Waals surface area contributed by atoms with Gasteiger partial charge in [0.05, 0.1) is 4.88 Å². The molecule has 0 bridgehead atoms. The number of thiol groups is 2. The van der Waals surface area contributed by atoms with Gasteiger partial charge in [0.2, 0.25) is 0 Å². The average molecular weight is 518 g/mol. The summed E-state index contributed by atoms with van der Waals surface area (Å²) in [7, 11) is 0. The molecule has 0 radical (unpaired) electrons. The number of thiophene rings is 1. The van der Waals surface area contributed by atoms with Gasteiger partial charge in [-0.2, -0.15) is 25.3 Å². The number of rotatable bonds is 18. The van der Waals surface area contributed by atoms with Gasteiger partial charge in [0.1, 0.15) is 0 Å². The van der Waals surface area contributed by atoms with Crippen LogP contribution in [0.4, 0.5) is 5.69 Å². The van der Waals surface area contributed by atoms with Crippen LogP contribution in [0.2, 0.25) is 0 Å². The maximum atomic E-state index is 11.9. The second-order valence-corrected chi connectivity index (χ2v) is 10.9. The Morgan fingerprint density at radius 3 is 1.82 bits per heavy atom. The van der Waals surface area contributed by atoms with Gasteiger partial charge in [-0.15, -0.1) is 11.3 Å². The Morgan fingerprint density at radius 1 is 0.765 bits per heavy atom. The molecule has 34 heavy (non-hydrogen) atoms. The number of hydrogen-bond acceptors (Lipinski definition) is 5. The van der Waals surface area contributed by atoms with Crippen LogP contribution in [0.3, 0.4) is 0 Å². The van der Waals surface area contributed by atoms with E-state index in [1.807, 2.05) is 0 Å². The van der Waals surface area contributed by atoms with Gasteiger partial charge in [0.15, 0.2) is 6.29 Å². The minimum absolute atomic E-state index is 0.828. The van der Waals surface area contributed by atoms with Gasteiger partial charge in [-0.3, -0.25) is 4.79 Å². The fourth-order valence-corrected chi connectivity index (χ4v) is 5.95. The van der Waals surface area contributed by atoms with Crippen molar-refractivity contribution in [1.29, 1.82) is 0 Å². The first-order valence-electron chi connectivity index (χ1n) is 13.0. The quantitative estimate of drug-likeness (QED) is 0.117. The van der Waals surface area contributed by atoms with Crippen molar-refractivity contribution in [2.45, 2.75) is 78.1 Å². The van der Waals surface area contributed by atoms with E-state index >= 15 is 0 Å². The zero-order valence-corrected chi connectivity index (χ0v) is 23.7. The summed E-state index contributed by atoms with van der Waals surface area (Å²) in [6, 6.07) is 8.72. The standard InChI is InChI=1S/C29H43NOS3/c1-3-5-7-9-11-26-27(12-10-8-6-4-2)29(23-31)34-28(26)18-15-24-13-16-25(17-14-24)30(19-21-32)20-22-33/h13-18,23,32-33H,3-12,19-22H2,1-2H3/b18-15+. The zero-order chi connectivity index (χ0) is 24.6. The first-order chi connectivity index (χ1) is 16.7. The Morgan fingerprint density at radius 2 is 1.32 bits per heavy atom. The van der Waals surface area contributed by atoms with Crippen molar-refractivity contribution in [2.24, 2.45) is 0 Å². The molecule has 2 rings (SSSR count). The Kier molecular flexibility index (Phi) is 14.8. The van der Waals surface area contributed by atoms with Crippen molar-refractivity contribution < 1.29 is 4.79 Å². The number of carbonyl (C=O) groups is 1. The van der Waals surface area contributed by atoms with Gasteiger partial charge in [-0.1, -0.05) is 70.6 Å². The first-order valence-corrected chi connectivity index (χ1v) is 15.1. The first kappa shape index (κ1) is 29.1. The van der Waals surface area contributed by atoms with Gasteiger partial charge in [-0.05, 0) is 60.6 Å². The lowest BCUT2D eigenvalue weighted by Crippen LogP contribution is -2.27. The molecule has 0 saturated heterocycles. The lowest BCUT2D eigenvalue weighted by atomic mass is 9.96. The number of hydrogen-bond donors (Lipinski definition) is 2. The Labute approximate surface area is 223 Å². The Balaban J connectivity index is 2.22. The van der Waals surface area contributed by atoms with Gasteiger partial charge in [0.25, 0.3) is 0 Å². The highest BCUT2D eigenvalue weighted by atomic mass is 32.1. The third-order valence-corrected chi connectivity index (χ3v) is 7.84.